The summed E-state index contributed by atoms with van der Waals surface area (Å²) in [6.45, 7) is 0. The van der Waals surface area contributed by atoms with Gasteiger partial charge in [-0.3, -0.25) is 4.79 Å². The van der Waals surface area contributed by atoms with Crippen LogP contribution in [0.3, 0.4) is 0 Å². The zero-order valence-electron chi connectivity index (χ0n) is 9.05. The number of aldehydes is 1. The maximum absolute atomic E-state index is 10.8. The molecule has 0 bridgehead atoms. The minimum absolute atomic E-state index is 0.131. The largest absolute Gasteiger partial charge is 0.359 e. The van der Waals surface area contributed by atoms with Crippen LogP contribution >= 0.6 is 0 Å². The summed E-state index contributed by atoms with van der Waals surface area (Å²) in [5.74, 6) is 0.131. The van der Waals surface area contributed by atoms with Crippen LogP contribution in [0.2, 0.25) is 0 Å². The molecule has 0 heterocycles. The number of hydrogen-bond acceptors (Lipinski definition) is 2. The lowest BCUT2D eigenvalue weighted by atomic mass is 10.1. The summed E-state index contributed by atoms with van der Waals surface area (Å²) >= 11 is 0. The van der Waals surface area contributed by atoms with E-state index < -0.39 is 0 Å². The minimum atomic E-state index is 0.131. The maximum Gasteiger partial charge on any atom is 0.219 e. The second-order valence-corrected chi connectivity index (χ2v) is 3.50. The molecular weight excluding hydrogens is 178 g/mol. The van der Waals surface area contributed by atoms with Crippen LogP contribution in [0.25, 0.3) is 0 Å². The Kier molecular flexibility index (Phi) is 9.59. The Morgan fingerprint density at radius 2 is 1.64 bits per heavy atom. The lowest BCUT2D eigenvalue weighted by Gasteiger charge is -2.00. The Hall–Kier alpha value is -0.860. The molecule has 0 rings (SSSR count). The molecule has 14 heavy (non-hydrogen) atoms. The summed E-state index contributed by atoms with van der Waals surface area (Å²) in [5, 5.41) is 2.61. The Morgan fingerprint density at radius 1 is 1.07 bits per heavy atom. The van der Waals surface area contributed by atoms with Crippen molar-refractivity contribution in [1.82, 2.24) is 5.32 Å². The summed E-state index contributed by atoms with van der Waals surface area (Å²) in [7, 11) is 1.67. The van der Waals surface area contributed by atoms with Gasteiger partial charge in [-0.15, -0.1) is 0 Å². The van der Waals surface area contributed by atoms with Crippen molar-refractivity contribution in [1.29, 1.82) is 0 Å². The third-order valence-electron chi connectivity index (χ3n) is 2.25. The van der Waals surface area contributed by atoms with E-state index in [0.29, 0.717) is 12.8 Å². The molecule has 0 aromatic heterocycles. The number of carbonyl (C=O) groups excluding carboxylic acids is 2. The van der Waals surface area contributed by atoms with Gasteiger partial charge < -0.3 is 10.1 Å². The first-order valence-corrected chi connectivity index (χ1v) is 5.45. The van der Waals surface area contributed by atoms with E-state index in [1.54, 1.807) is 7.05 Å². The molecule has 0 saturated carbocycles. The molecule has 0 atom stereocenters. The smallest absolute Gasteiger partial charge is 0.219 e. The van der Waals surface area contributed by atoms with E-state index in [4.69, 9.17) is 0 Å². The van der Waals surface area contributed by atoms with Crippen LogP contribution in [0.15, 0.2) is 0 Å². The standard InChI is InChI=1S/C11H21NO2/c1-12-11(14)9-7-5-3-2-4-6-8-10-13/h10H,2-9H2,1H3,(H,12,14). The summed E-state index contributed by atoms with van der Waals surface area (Å²) in [6.07, 6.45) is 8.92. The number of rotatable bonds is 9. The van der Waals surface area contributed by atoms with Gasteiger partial charge in [0.15, 0.2) is 0 Å². The monoisotopic (exact) mass is 199 g/mol. The van der Waals surface area contributed by atoms with Gasteiger partial charge in [0.1, 0.15) is 6.29 Å². The minimum Gasteiger partial charge on any atom is -0.359 e. The Bertz CT molecular complexity index is 157. The molecule has 0 unspecified atom stereocenters. The first-order valence-electron chi connectivity index (χ1n) is 5.45. The van der Waals surface area contributed by atoms with Crippen molar-refractivity contribution in [2.45, 2.75) is 51.4 Å². The molecule has 0 aromatic carbocycles. The fourth-order valence-corrected chi connectivity index (χ4v) is 1.35. The normalized spacial score (nSPS) is 9.79. The topological polar surface area (TPSA) is 46.2 Å². The summed E-state index contributed by atoms with van der Waals surface area (Å²) in [4.78, 5) is 20.8. The van der Waals surface area contributed by atoms with Crippen molar-refractivity contribution in [2.75, 3.05) is 7.05 Å². The molecule has 0 aliphatic carbocycles. The van der Waals surface area contributed by atoms with Gasteiger partial charge >= 0.3 is 0 Å². The summed E-state index contributed by atoms with van der Waals surface area (Å²) in [5.41, 5.74) is 0. The van der Waals surface area contributed by atoms with Crippen molar-refractivity contribution < 1.29 is 9.59 Å². The average molecular weight is 199 g/mol. The lowest BCUT2D eigenvalue weighted by molar-refractivity contribution is -0.120. The van der Waals surface area contributed by atoms with Crippen molar-refractivity contribution in [3.8, 4) is 0 Å². The zero-order chi connectivity index (χ0) is 10.6. The van der Waals surface area contributed by atoms with Gasteiger partial charge in [0, 0.05) is 19.9 Å². The molecule has 3 heteroatoms. The first kappa shape index (κ1) is 13.1. The number of nitrogens with one attached hydrogen (secondary N) is 1. The number of amides is 1. The zero-order valence-corrected chi connectivity index (χ0v) is 9.05. The van der Waals surface area contributed by atoms with Gasteiger partial charge in [0.05, 0.1) is 0 Å². The van der Waals surface area contributed by atoms with Crippen molar-refractivity contribution >= 4 is 12.2 Å². The number of hydrogen-bond donors (Lipinski definition) is 1. The third kappa shape index (κ3) is 9.23. The molecule has 1 amide bonds. The first-order chi connectivity index (χ1) is 6.81. The molecule has 0 fully saturated rings. The van der Waals surface area contributed by atoms with E-state index in [-0.39, 0.29) is 5.91 Å². The van der Waals surface area contributed by atoms with Gasteiger partial charge in [-0.05, 0) is 12.8 Å². The third-order valence-corrected chi connectivity index (χ3v) is 2.25. The van der Waals surface area contributed by atoms with E-state index in [1.165, 1.54) is 12.8 Å². The number of carbonyl (C=O) groups is 2. The van der Waals surface area contributed by atoms with Crippen LogP contribution in [0.1, 0.15) is 51.4 Å². The van der Waals surface area contributed by atoms with Crippen molar-refractivity contribution in [3.63, 3.8) is 0 Å². The molecule has 3 nitrogen and oxygen atoms in total. The van der Waals surface area contributed by atoms with Crippen LogP contribution in [-0.2, 0) is 9.59 Å². The van der Waals surface area contributed by atoms with Gasteiger partial charge in [-0.25, -0.2) is 0 Å². The highest BCUT2D eigenvalue weighted by Gasteiger charge is 1.96. The number of unbranched alkanes of at least 4 members (excludes halogenated alkanes) is 6. The molecule has 0 aliphatic rings. The van der Waals surface area contributed by atoms with E-state index in [1.807, 2.05) is 0 Å². The molecule has 0 aromatic rings. The van der Waals surface area contributed by atoms with Crippen molar-refractivity contribution in [2.24, 2.45) is 0 Å². The van der Waals surface area contributed by atoms with Gasteiger partial charge in [0.2, 0.25) is 5.91 Å². The van der Waals surface area contributed by atoms with Crippen LogP contribution in [0.4, 0.5) is 0 Å². The fraction of sp³-hybridized carbons (Fsp3) is 0.818. The average Bonchev–Trinajstić information content (AvgIpc) is 2.21. The molecule has 0 saturated heterocycles. The molecular formula is C11H21NO2. The van der Waals surface area contributed by atoms with E-state index >= 15 is 0 Å². The van der Waals surface area contributed by atoms with Gasteiger partial charge in [-0.2, -0.15) is 0 Å². The second-order valence-electron chi connectivity index (χ2n) is 3.50. The van der Waals surface area contributed by atoms with E-state index in [9.17, 15) is 9.59 Å². The fourth-order valence-electron chi connectivity index (χ4n) is 1.35. The Balaban J connectivity index is 2.98. The highest BCUT2D eigenvalue weighted by Crippen LogP contribution is 2.07. The predicted octanol–water partition coefficient (Wildman–Crippen LogP) is 2.05. The molecule has 1 N–H and O–H groups in total. The highest BCUT2D eigenvalue weighted by molar-refractivity contribution is 5.75. The summed E-state index contributed by atoms with van der Waals surface area (Å²) in [6, 6.07) is 0. The van der Waals surface area contributed by atoms with Gasteiger partial charge in [0.25, 0.3) is 0 Å². The lowest BCUT2D eigenvalue weighted by Crippen LogP contribution is -2.16. The molecule has 0 aliphatic heterocycles. The van der Waals surface area contributed by atoms with Crippen LogP contribution in [0.5, 0.6) is 0 Å². The van der Waals surface area contributed by atoms with Crippen LogP contribution in [0, 0.1) is 0 Å². The predicted molar refractivity (Wildman–Crippen MR) is 57.1 cm³/mol. The van der Waals surface area contributed by atoms with Crippen LogP contribution in [-0.4, -0.2) is 19.2 Å². The van der Waals surface area contributed by atoms with E-state index in [2.05, 4.69) is 5.32 Å². The molecule has 0 radical (unpaired) electrons. The Labute approximate surface area is 86.3 Å². The quantitative estimate of drug-likeness (QED) is 0.456. The van der Waals surface area contributed by atoms with Crippen molar-refractivity contribution in [3.05, 3.63) is 0 Å². The van der Waals surface area contributed by atoms with E-state index in [0.717, 1.165) is 32.0 Å². The molecule has 0 spiro atoms. The maximum atomic E-state index is 10.8. The molecule has 82 valence electrons. The highest BCUT2D eigenvalue weighted by atomic mass is 16.1. The Morgan fingerprint density at radius 3 is 2.21 bits per heavy atom. The van der Waals surface area contributed by atoms with Gasteiger partial charge in [-0.1, -0.05) is 25.7 Å². The SMILES string of the molecule is CNC(=O)CCCCCCCCC=O. The second kappa shape index (κ2) is 10.2. The summed E-state index contributed by atoms with van der Waals surface area (Å²) < 4.78 is 0. The van der Waals surface area contributed by atoms with Crippen LogP contribution < -0.4 is 5.32 Å².